The van der Waals surface area contributed by atoms with E-state index < -0.39 is 0 Å². The van der Waals surface area contributed by atoms with Crippen molar-refractivity contribution in [2.45, 2.75) is 91.9 Å². The van der Waals surface area contributed by atoms with Crippen LogP contribution in [0.2, 0.25) is 0 Å². The molecule has 9 rings (SSSR count). The highest BCUT2D eigenvalue weighted by atomic mass is 16.5. The molecule has 0 radical (unpaired) electrons. The lowest BCUT2D eigenvalue weighted by Gasteiger charge is -2.55. The Morgan fingerprint density at radius 3 is 1.06 bits per heavy atom. The molecule has 0 aromatic heterocycles. The summed E-state index contributed by atoms with van der Waals surface area (Å²) in [7, 11) is 0. The molecule has 6 fully saturated rings. The number of piperazine rings is 6. The SMILES string of the molecule is CCCCCC[N+]12CC[N+](CCCOc3cc(C#Cc4ccc(C(=O)OCC)cc4)c(OCCC[N+]45CC[N+](CCCCCC)(CC4)CC5)cc3C#Cc3ccc(C(=O)OCC)cc3)(CC1)CC2. The highest BCUT2D eigenvalue weighted by molar-refractivity contribution is 5.90. The number of fused-ring (bicyclic) bond motifs is 6. The van der Waals surface area contributed by atoms with Crippen molar-refractivity contribution in [3.63, 3.8) is 0 Å². The lowest BCUT2D eigenvalue weighted by Crippen LogP contribution is -2.75. The van der Waals surface area contributed by atoms with Crippen molar-refractivity contribution in [2.75, 3.05) is 131 Å². The molecule has 68 heavy (non-hydrogen) atoms. The Hall–Kier alpha value is -4.84. The molecule has 3 aromatic carbocycles. The van der Waals surface area contributed by atoms with E-state index in [1.807, 2.05) is 50.2 Å². The topological polar surface area (TPSA) is 71.1 Å². The molecule has 0 aliphatic carbocycles. The van der Waals surface area contributed by atoms with Gasteiger partial charge in [0.1, 0.15) is 90.0 Å². The Balaban J connectivity index is 1.09. The summed E-state index contributed by atoms with van der Waals surface area (Å²) < 4.78 is 29.0. The van der Waals surface area contributed by atoms with E-state index in [2.05, 4.69) is 37.5 Å². The summed E-state index contributed by atoms with van der Waals surface area (Å²) in [5, 5.41) is 0. The molecule has 6 aliphatic heterocycles. The number of carbonyl (C=O) groups is 2. The van der Waals surface area contributed by atoms with Gasteiger partial charge in [0.15, 0.2) is 0 Å². The molecular weight excluding hydrogens is 849 g/mol. The molecule has 0 spiro atoms. The van der Waals surface area contributed by atoms with Gasteiger partial charge in [0.05, 0.1) is 74.9 Å². The second kappa shape index (κ2) is 24.6. The highest BCUT2D eigenvalue weighted by Gasteiger charge is 2.49. The van der Waals surface area contributed by atoms with Gasteiger partial charge in [0.2, 0.25) is 0 Å². The summed E-state index contributed by atoms with van der Waals surface area (Å²) in [4.78, 5) is 24.8. The number of unbranched alkanes of at least 4 members (excludes halogenated alkanes) is 6. The lowest BCUT2D eigenvalue weighted by atomic mass is 10.0. The number of carbonyl (C=O) groups excluding carboxylic acids is 2. The summed E-state index contributed by atoms with van der Waals surface area (Å²) in [6.07, 6.45) is 12.7. The summed E-state index contributed by atoms with van der Waals surface area (Å²) >= 11 is 0. The van der Waals surface area contributed by atoms with Crippen LogP contribution >= 0.6 is 0 Å². The molecule has 6 aliphatic rings. The van der Waals surface area contributed by atoms with Gasteiger partial charge >= 0.3 is 11.9 Å². The minimum Gasteiger partial charge on any atom is -0.492 e. The number of hydrogen-bond donors (Lipinski definition) is 0. The standard InChI is InChI=1S/C58H82N4O6/c1-5-9-11-13-29-59-33-39-61(40-34-59,41-35-59)31-15-45-67-55-47-54(28-22-50-19-25-52(26-20-50)58(64)66-8-4)56(48-53(55)27-21-49-17-23-51(24-18-49)57(63)65-7-3)68-46-16-32-62-42-36-60(37-43-62,38-44-62)30-14-12-10-6-2/h17-20,23-26,47-48H,5-16,29-46H2,1-4H3/q+4. The fraction of sp³-hybridized carbons (Fsp3) is 0.586. The van der Waals surface area contributed by atoms with Crippen molar-refractivity contribution in [2.24, 2.45) is 0 Å². The Morgan fingerprint density at radius 2 is 0.750 bits per heavy atom. The largest absolute Gasteiger partial charge is 0.492 e. The third kappa shape index (κ3) is 13.7. The average Bonchev–Trinajstić information content (AvgIpc) is 3.37. The molecule has 6 heterocycles. The van der Waals surface area contributed by atoms with Crippen molar-refractivity contribution >= 4 is 11.9 Å². The van der Waals surface area contributed by atoms with Crippen molar-refractivity contribution in [3.05, 3.63) is 94.0 Å². The highest BCUT2D eigenvalue weighted by Crippen LogP contribution is 2.32. The Kier molecular flexibility index (Phi) is 18.5. The van der Waals surface area contributed by atoms with Gasteiger partial charge in [0, 0.05) is 36.1 Å². The maximum Gasteiger partial charge on any atom is 0.338 e. The maximum atomic E-state index is 12.4. The summed E-state index contributed by atoms with van der Waals surface area (Å²) in [5.74, 6) is 14.2. The number of esters is 2. The van der Waals surface area contributed by atoms with E-state index in [4.69, 9.17) is 18.9 Å². The number of quaternary nitrogens is 4. The normalized spacial score (nSPS) is 23.5. The molecule has 6 saturated heterocycles. The van der Waals surface area contributed by atoms with Gasteiger partial charge in [-0.3, -0.25) is 0 Å². The van der Waals surface area contributed by atoms with Gasteiger partial charge in [-0.1, -0.05) is 63.2 Å². The van der Waals surface area contributed by atoms with Crippen LogP contribution in [0.25, 0.3) is 0 Å². The van der Waals surface area contributed by atoms with E-state index in [9.17, 15) is 9.59 Å². The minimum atomic E-state index is -0.341. The second-order valence-corrected chi connectivity index (χ2v) is 20.4. The molecule has 0 atom stereocenters. The molecule has 0 saturated carbocycles. The number of nitrogens with zero attached hydrogens (tertiary/aromatic N) is 4. The van der Waals surface area contributed by atoms with E-state index in [0.29, 0.717) is 49.1 Å². The number of benzene rings is 3. The van der Waals surface area contributed by atoms with Crippen molar-refractivity contribution in [1.29, 1.82) is 0 Å². The molecule has 0 N–H and O–H groups in total. The van der Waals surface area contributed by atoms with Crippen LogP contribution in [0.4, 0.5) is 0 Å². The number of ether oxygens (including phenoxy) is 4. The first kappa shape index (κ1) is 51.0. The van der Waals surface area contributed by atoms with Crippen molar-refractivity contribution < 1.29 is 46.5 Å². The first-order chi connectivity index (χ1) is 33.1. The summed E-state index contributed by atoms with van der Waals surface area (Å²) in [5.41, 5.74) is 4.06. The van der Waals surface area contributed by atoms with E-state index >= 15 is 0 Å². The van der Waals surface area contributed by atoms with E-state index in [-0.39, 0.29) is 11.9 Å². The van der Waals surface area contributed by atoms with Gasteiger partial charge in [-0.15, -0.1) is 0 Å². The van der Waals surface area contributed by atoms with Crippen LogP contribution in [-0.4, -0.2) is 161 Å². The third-order valence-corrected chi connectivity index (χ3v) is 15.9. The Labute approximate surface area is 409 Å². The molecule has 10 heteroatoms. The molecule has 10 nitrogen and oxygen atoms in total. The van der Waals surface area contributed by atoms with Crippen LogP contribution in [0.15, 0.2) is 60.7 Å². The van der Waals surface area contributed by atoms with Gasteiger partial charge < -0.3 is 36.9 Å². The van der Waals surface area contributed by atoms with E-state index in [0.717, 1.165) is 48.2 Å². The van der Waals surface area contributed by atoms with E-state index in [1.54, 1.807) is 24.3 Å². The number of hydrogen-bond acceptors (Lipinski definition) is 6. The van der Waals surface area contributed by atoms with Crippen LogP contribution < -0.4 is 9.47 Å². The van der Waals surface area contributed by atoms with Gasteiger partial charge in [-0.25, -0.2) is 9.59 Å². The zero-order valence-electron chi connectivity index (χ0n) is 42.2. The molecule has 366 valence electrons. The third-order valence-electron chi connectivity index (χ3n) is 15.9. The van der Waals surface area contributed by atoms with Crippen LogP contribution in [-0.2, 0) is 9.47 Å². The summed E-state index contributed by atoms with van der Waals surface area (Å²) in [6, 6.07) is 18.5. The first-order valence-corrected chi connectivity index (χ1v) is 26.6. The molecule has 0 amide bonds. The first-order valence-electron chi connectivity index (χ1n) is 26.6. The van der Waals surface area contributed by atoms with Crippen LogP contribution in [0.5, 0.6) is 11.5 Å². The number of rotatable bonds is 24. The Morgan fingerprint density at radius 1 is 0.426 bits per heavy atom. The fourth-order valence-corrected chi connectivity index (χ4v) is 11.2. The van der Waals surface area contributed by atoms with Crippen LogP contribution in [0.3, 0.4) is 0 Å². The Bertz CT molecular complexity index is 2040. The quantitative estimate of drug-likeness (QED) is 0.0387. The summed E-state index contributed by atoms with van der Waals surface area (Å²) in [6.45, 7) is 30.4. The zero-order chi connectivity index (χ0) is 47.7. The van der Waals surface area contributed by atoms with Gasteiger partial charge in [-0.05, 0) is 88.1 Å². The monoisotopic (exact) mass is 931 g/mol. The fourth-order valence-electron chi connectivity index (χ4n) is 11.2. The van der Waals surface area contributed by atoms with Gasteiger partial charge in [-0.2, -0.15) is 0 Å². The lowest BCUT2D eigenvalue weighted by molar-refractivity contribution is -1.08. The van der Waals surface area contributed by atoms with Crippen molar-refractivity contribution in [3.8, 4) is 35.2 Å². The molecule has 0 unspecified atom stereocenters. The second-order valence-electron chi connectivity index (χ2n) is 20.4. The molecule has 4 bridgehead atoms. The predicted molar refractivity (Wildman–Crippen MR) is 271 cm³/mol. The van der Waals surface area contributed by atoms with Gasteiger partial charge in [0.25, 0.3) is 0 Å². The molecule has 3 aromatic rings. The van der Waals surface area contributed by atoms with Crippen molar-refractivity contribution in [1.82, 2.24) is 0 Å². The molecular formula is C58H82N4O6+4. The smallest absolute Gasteiger partial charge is 0.338 e. The maximum absolute atomic E-state index is 12.4. The zero-order valence-corrected chi connectivity index (χ0v) is 42.2. The van der Waals surface area contributed by atoms with Crippen LogP contribution in [0, 0.1) is 23.7 Å². The van der Waals surface area contributed by atoms with E-state index in [1.165, 1.54) is 161 Å². The minimum absolute atomic E-state index is 0.328. The van der Waals surface area contributed by atoms with Crippen LogP contribution in [0.1, 0.15) is 135 Å². The average molecular weight is 931 g/mol. The predicted octanol–water partition coefficient (Wildman–Crippen LogP) is 8.86.